The average molecular weight is 400 g/mol. The molecule has 2 aliphatic heterocycles. The standard InChI is InChI=1S/C19H23F3N2O2S/c1-2-16(25)23-9-7-13(8-10-23)11-24-17(26)12-27-18(24)14-3-5-15(6-4-14)19(20,21)22/h3-6,13,18H,2,7-12H2,1H3/t18-/m1/s1. The number of amides is 2. The molecule has 2 fully saturated rings. The molecule has 1 aromatic carbocycles. The fourth-order valence-electron chi connectivity index (χ4n) is 3.63. The summed E-state index contributed by atoms with van der Waals surface area (Å²) < 4.78 is 38.3. The molecule has 27 heavy (non-hydrogen) atoms. The van der Waals surface area contributed by atoms with Crippen LogP contribution in [0.15, 0.2) is 24.3 Å². The molecule has 0 N–H and O–H groups in total. The SMILES string of the molecule is CCC(=O)N1CCC(CN2C(=O)CS[C@@H]2c2ccc(C(F)(F)F)cc2)CC1. The summed E-state index contributed by atoms with van der Waals surface area (Å²) in [5, 5.41) is -0.241. The van der Waals surface area contributed by atoms with Crippen LogP contribution in [0.25, 0.3) is 0 Å². The summed E-state index contributed by atoms with van der Waals surface area (Å²) in [6.07, 6.45) is -2.16. The van der Waals surface area contributed by atoms with Gasteiger partial charge in [0.05, 0.1) is 11.3 Å². The predicted molar refractivity (Wildman–Crippen MR) is 98.0 cm³/mol. The number of likely N-dealkylation sites (tertiary alicyclic amines) is 1. The van der Waals surface area contributed by atoms with Gasteiger partial charge in [-0.15, -0.1) is 11.8 Å². The van der Waals surface area contributed by atoms with Gasteiger partial charge in [0.25, 0.3) is 0 Å². The van der Waals surface area contributed by atoms with Gasteiger partial charge >= 0.3 is 6.18 Å². The van der Waals surface area contributed by atoms with Gasteiger partial charge in [0.1, 0.15) is 5.37 Å². The Labute approximate surface area is 161 Å². The van der Waals surface area contributed by atoms with E-state index in [1.807, 2.05) is 11.8 Å². The number of carbonyl (C=O) groups excluding carboxylic acids is 2. The van der Waals surface area contributed by atoms with Crippen LogP contribution in [0, 0.1) is 5.92 Å². The van der Waals surface area contributed by atoms with E-state index in [0.29, 0.717) is 37.7 Å². The summed E-state index contributed by atoms with van der Waals surface area (Å²) in [6.45, 7) is 3.85. The van der Waals surface area contributed by atoms with E-state index >= 15 is 0 Å². The van der Waals surface area contributed by atoms with E-state index in [2.05, 4.69) is 0 Å². The van der Waals surface area contributed by atoms with Crippen LogP contribution in [0.1, 0.15) is 42.7 Å². The molecule has 2 heterocycles. The Morgan fingerprint density at radius 1 is 1.19 bits per heavy atom. The van der Waals surface area contributed by atoms with Crippen LogP contribution in [-0.4, -0.2) is 47.0 Å². The molecule has 2 aliphatic rings. The lowest BCUT2D eigenvalue weighted by Crippen LogP contribution is -2.42. The largest absolute Gasteiger partial charge is 0.416 e. The molecule has 0 aliphatic carbocycles. The third-order valence-corrected chi connectivity index (χ3v) is 6.47. The Kier molecular flexibility index (Phi) is 6.03. The highest BCUT2D eigenvalue weighted by atomic mass is 32.2. The molecule has 0 spiro atoms. The van der Waals surface area contributed by atoms with Crippen LogP contribution >= 0.6 is 11.8 Å². The molecule has 2 saturated heterocycles. The fraction of sp³-hybridized carbons (Fsp3) is 0.579. The van der Waals surface area contributed by atoms with Crippen molar-refractivity contribution in [2.75, 3.05) is 25.4 Å². The molecule has 148 valence electrons. The minimum atomic E-state index is -4.36. The van der Waals surface area contributed by atoms with Gasteiger partial charge in [-0.05, 0) is 36.5 Å². The second-order valence-electron chi connectivity index (χ2n) is 7.01. The Morgan fingerprint density at radius 3 is 2.37 bits per heavy atom. The first-order valence-corrected chi connectivity index (χ1v) is 10.2. The van der Waals surface area contributed by atoms with E-state index in [4.69, 9.17) is 0 Å². The Balaban J connectivity index is 1.64. The second kappa shape index (κ2) is 8.12. The van der Waals surface area contributed by atoms with E-state index in [1.54, 1.807) is 4.90 Å². The Morgan fingerprint density at radius 2 is 1.81 bits per heavy atom. The zero-order chi connectivity index (χ0) is 19.6. The van der Waals surface area contributed by atoms with Gasteiger partial charge in [0.15, 0.2) is 0 Å². The molecule has 1 atom stereocenters. The molecule has 8 heteroatoms. The zero-order valence-electron chi connectivity index (χ0n) is 15.2. The van der Waals surface area contributed by atoms with Crippen molar-refractivity contribution in [2.24, 2.45) is 5.92 Å². The van der Waals surface area contributed by atoms with Gasteiger partial charge in [-0.2, -0.15) is 13.2 Å². The Bertz CT molecular complexity index is 685. The summed E-state index contributed by atoms with van der Waals surface area (Å²) in [5.74, 6) is 0.838. The highest BCUT2D eigenvalue weighted by molar-refractivity contribution is 8.00. The fourth-order valence-corrected chi connectivity index (χ4v) is 4.83. The maximum Gasteiger partial charge on any atom is 0.416 e. The van der Waals surface area contributed by atoms with Gasteiger partial charge in [0, 0.05) is 26.1 Å². The number of alkyl halides is 3. The number of nitrogens with zero attached hydrogens (tertiary/aromatic N) is 2. The van der Waals surface area contributed by atoms with E-state index in [9.17, 15) is 22.8 Å². The summed E-state index contributed by atoms with van der Waals surface area (Å²) in [4.78, 5) is 27.8. The van der Waals surface area contributed by atoms with E-state index in [1.165, 1.54) is 23.9 Å². The molecule has 0 radical (unpaired) electrons. The highest BCUT2D eigenvalue weighted by Gasteiger charge is 2.36. The topological polar surface area (TPSA) is 40.6 Å². The molecule has 1 aromatic rings. The maximum atomic E-state index is 12.8. The number of thioether (sulfide) groups is 1. The Hall–Kier alpha value is -1.70. The molecule has 0 bridgehead atoms. The van der Waals surface area contributed by atoms with Crippen molar-refractivity contribution in [3.8, 4) is 0 Å². The van der Waals surface area contributed by atoms with Gasteiger partial charge in [-0.1, -0.05) is 19.1 Å². The lowest BCUT2D eigenvalue weighted by molar-refractivity contribution is -0.137. The minimum Gasteiger partial charge on any atom is -0.343 e. The van der Waals surface area contributed by atoms with Crippen molar-refractivity contribution >= 4 is 23.6 Å². The van der Waals surface area contributed by atoms with Crippen LogP contribution in [-0.2, 0) is 15.8 Å². The lowest BCUT2D eigenvalue weighted by Gasteiger charge is -2.35. The van der Waals surface area contributed by atoms with Crippen molar-refractivity contribution in [3.63, 3.8) is 0 Å². The number of benzene rings is 1. The maximum absolute atomic E-state index is 12.8. The molecule has 2 amide bonds. The number of halogens is 3. The third-order valence-electron chi connectivity index (χ3n) is 5.22. The molecule has 0 unspecified atom stereocenters. The summed E-state index contributed by atoms with van der Waals surface area (Å²) in [7, 11) is 0. The van der Waals surface area contributed by atoms with Gasteiger partial charge in [-0.25, -0.2) is 0 Å². The van der Waals surface area contributed by atoms with Crippen LogP contribution in [0.2, 0.25) is 0 Å². The monoisotopic (exact) mass is 400 g/mol. The first-order valence-electron chi connectivity index (χ1n) is 9.15. The van der Waals surface area contributed by atoms with Gasteiger partial charge in [-0.3, -0.25) is 9.59 Å². The lowest BCUT2D eigenvalue weighted by atomic mass is 9.95. The quantitative estimate of drug-likeness (QED) is 0.769. The van der Waals surface area contributed by atoms with E-state index in [-0.39, 0.29) is 17.2 Å². The van der Waals surface area contributed by atoms with E-state index in [0.717, 1.165) is 30.5 Å². The molecule has 0 aromatic heterocycles. The van der Waals surface area contributed by atoms with Gasteiger partial charge < -0.3 is 9.80 Å². The molecule has 0 saturated carbocycles. The van der Waals surface area contributed by atoms with Crippen LogP contribution in [0.5, 0.6) is 0 Å². The predicted octanol–water partition coefficient (Wildman–Crippen LogP) is 3.93. The third kappa shape index (κ3) is 4.59. The number of piperidine rings is 1. The number of carbonyl (C=O) groups is 2. The molecule has 3 rings (SSSR count). The van der Waals surface area contributed by atoms with Crippen molar-refractivity contribution in [1.82, 2.24) is 9.80 Å². The average Bonchev–Trinajstić information content (AvgIpc) is 3.01. The first kappa shape index (κ1) is 20.0. The molecule has 4 nitrogen and oxygen atoms in total. The summed E-state index contributed by atoms with van der Waals surface area (Å²) in [6, 6.07) is 5.08. The van der Waals surface area contributed by atoms with Crippen molar-refractivity contribution < 1.29 is 22.8 Å². The normalized spacial score (nSPS) is 21.8. The molecular formula is C19H23F3N2O2S. The van der Waals surface area contributed by atoms with Crippen LogP contribution in [0.4, 0.5) is 13.2 Å². The second-order valence-corrected chi connectivity index (χ2v) is 8.08. The van der Waals surface area contributed by atoms with Crippen LogP contribution in [0.3, 0.4) is 0 Å². The first-order chi connectivity index (χ1) is 12.8. The summed E-state index contributed by atoms with van der Waals surface area (Å²) in [5.41, 5.74) is 0.0394. The number of rotatable bonds is 4. The zero-order valence-corrected chi connectivity index (χ0v) is 16.0. The highest BCUT2D eigenvalue weighted by Crippen LogP contribution is 2.40. The van der Waals surface area contributed by atoms with Crippen LogP contribution < -0.4 is 0 Å². The minimum absolute atomic E-state index is 0.0250. The number of hydrogen-bond acceptors (Lipinski definition) is 3. The number of hydrogen-bond donors (Lipinski definition) is 0. The van der Waals surface area contributed by atoms with Crippen molar-refractivity contribution in [2.45, 2.75) is 37.7 Å². The molecular weight excluding hydrogens is 377 g/mol. The summed E-state index contributed by atoms with van der Waals surface area (Å²) >= 11 is 1.45. The smallest absolute Gasteiger partial charge is 0.343 e. The van der Waals surface area contributed by atoms with Crippen molar-refractivity contribution in [3.05, 3.63) is 35.4 Å². The van der Waals surface area contributed by atoms with Crippen molar-refractivity contribution in [1.29, 1.82) is 0 Å². The van der Waals surface area contributed by atoms with E-state index < -0.39 is 11.7 Å². The van der Waals surface area contributed by atoms with Gasteiger partial charge in [0.2, 0.25) is 11.8 Å².